The van der Waals surface area contributed by atoms with Crippen LogP contribution in [0.3, 0.4) is 0 Å². The number of nitrogens with one attached hydrogen (secondary N) is 1. The molecule has 5 heteroatoms. The van der Waals surface area contributed by atoms with Gasteiger partial charge < -0.3 is 14.5 Å². The summed E-state index contributed by atoms with van der Waals surface area (Å²) >= 11 is 3.37. The number of hydrogen-bond donors (Lipinski definition) is 1. The molecule has 3 aromatic rings. The van der Waals surface area contributed by atoms with Gasteiger partial charge in [0.2, 0.25) is 0 Å². The summed E-state index contributed by atoms with van der Waals surface area (Å²) in [5.41, 5.74) is 2.22. The monoisotopic (exact) mass is 387 g/mol. The number of fused-ring (bicyclic) bond motifs is 1. The smallest absolute Gasteiger partial charge is 0.306 e. The van der Waals surface area contributed by atoms with Crippen molar-refractivity contribution in [2.24, 2.45) is 0 Å². The van der Waals surface area contributed by atoms with Crippen LogP contribution in [0.15, 0.2) is 59.2 Å². The second-order valence-corrected chi connectivity index (χ2v) is 6.30. The molecule has 2 aromatic carbocycles. The molecule has 1 heterocycles. The molecule has 0 amide bonds. The minimum Gasteiger partial charge on any atom is -0.490 e. The molecule has 0 aliphatic heterocycles. The first-order chi connectivity index (χ1) is 11.7. The fraction of sp³-hybridized carbons (Fsp3) is 0.211. The van der Waals surface area contributed by atoms with Crippen molar-refractivity contribution >= 4 is 32.8 Å². The molecule has 3 rings (SSSR count). The summed E-state index contributed by atoms with van der Waals surface area (Å²) in [4.78, 5) is 15.0. The molecule has 1 aromatic heterocycles. The third-order valence-electron chi connectivity index (χ3n) is 3.70. The molecule has 0 radical (unpaired) electrons. The number of rotatable bonds is 7. The number of esters is 1. The van der Waals surface area contributed by atoms with Crippen LogP contribution in [-0.2, 0) is 16.0 Å². The van der Waals surface area contributed by atoms with E-state index in [1.165, 1.54) is 0 Å². The van der Waals surface area contributed by atoms with Crippen molar-refractivity contribution < 1.29 is 14.3 Å². The standard InChI is InChI=1S/C19H18BrNO3/c20-15-6-8-16(9-7-15)23-11-12-24-19(22)10-5-14-13-21-18-4-2-1-3-17(14)18/h1-4,6-9,13,21H,5,10-12H2. The van der Waals surface area contributed by atoms with Gasteiger partial charge in [-0.15, -0.1) is 0 Å². The van der Waals surface area contributed by atoms with Crippen LogP contribution in [0.2, 0.25) is 0 Å². The third kappa shape index (κ3) is 4.38. The Balaban J connectivity index is 1.39. The molecule has 0 bridgehead atoms. The molecule has 0 atom stereocenters. The summed E-state index contributed by atoms with van der Waals surface area (Å²) in [6.07, 6.45) is 2.98. The number of para-hydroxylation sites is 1. The predicted octanol–water partition coefficient (Wildman–Crippen LogP) is 4.49. The molecule has 0 fully saturated rings. The molecule has 1 N–H and O–H groups in total. The largest absolute Gasteiger partial charge is 0.490 e. The van der Waals surface area contributed by atoms with Crippen LogP contribution in [-0.4, -0.2) is 24.2 Å². The van der Waals surface area contributed by atoms with Crippen molar-refractivity contribution in [1.82, 2.24) is 4.98 Å². The second-order valence-electron chi connectivity index (χ2n) is 5.38. The number of H-pyrrole nitrogens is 1. The molecule has 0 unspecified atom stereocenters. The van der Waals surface area contributed by atoms with Crippen molar-refractivity contribution in [3.05, 3.63) is 64.8 Å². The summed E-state index contributed by atoms with van der Waals surface area (Å²) in [6, 6.07) is 15.6. The highest BCUT2D eigenvalue weighted by atomic mass is 79.9. The van der Waals surface area contributed by atoms with E-state index in [-0.39, 0.29) is 12.6 Å². The van der Waals surface area contributed by atoms with Gasteiger partial charge in [-0.05, 0) is 42.3 Å². The van der Waals surface area contributed by atoms with Crippen molar-refractivity contribution in [3.8, 4) is 5.75 Å². The Morgan fingerprint density at radius 3 is 2.67 bits per heavy atom. The molecule has 0 aliphatic carbocycles. The molecule has 4 nitrogen and oxygen atoms in total. The lowest BCUT2D eigenvalue weighted by Crippen LogP contribution is -2.12. The summed E-state index contributed by atoms with van der Waals surface area (Å²) in [5.74, 6) is 0.549. The number of ether oxygens (including phenoxy) is 2. The molecule has 124 valence electrons. The Kier molecular flexibility index (Phi) is 5.54. The van der Waals surface area contributed by atoms with Gasteiger partial charge in [-0.1, -0.05) is 34.1 Å². The van der Waals surface area contributed by atoms with Gasteiger partial charge in [0.05, 0.1) is 0 Å². The van der Waals surface area contributed by atoms with Crippen molar-refractivity contribution in [1.29, 1.82) is 0 Å². The van der Waals surface area contributed by atoms with E-state index in [9.17, 15) is 4.79 Å². The van der Waals surface area contributed by atoms with Gasteiger partial charge in [-0.25, -0.2) is 0 Å². The highest BCUT2D eigenvalue weighted by Gasteiger charge is 2.07. The van der Waals surface area contributed by atoms with Gasteiger partial charge in [0.1, 0.15) is 19.0 Å². The fourth-order valence-electron chi connectivity index (χ4n) is 2.49. The van der Waals surface area contributed by atoms with Crippen molar-refractivity contribution in [2.45, 2.75) is 12.8 Å². The number of benzene rings is 2. The van der Waals surface area contributed by atoms with E-state index < -0.39 is 0 Å². The number of carbonyl (C=O) groups excluding carboxylic acids is 1. The normalized spacial score (nSPS) is 10.7. The zero-order chi connectivity index (χ0) is 16.8. The lowest BCUT2D eigenvalue weighted by atomic mass is 10.1. The molecular weight excluding hydrogens is 370 g/mol. The van der Waals surface area contributed by atoms with E-state index in [0.717, 1.165) is 26.7 Å². The minimum atomic E-state index is -0.209. The predicted molar refractivity (Wildman–Crippen MR) is 97.2 cm³/mol. The van der Waals surface area contributed by atoms with E-state index in [2.05, 4.69) is 27.0 Å². The Bertz CT molecular complexity index is 811. The maximum absolute atomic E-state index is 11.8. The molecule has 0 aliphatic rings. The minimum absolute atomic E-state index is 0.209. The van der Waals surface area contributed by atoms with Gasteiger partial charge in [-0.3, -0.25) is 4.79 Å². The third-order valence-corrected chi connectivity index (χ3v) is 4.23. The zero-order valence-corrected chi connectivity index (χ0v) is 14.7. The van der Waals surface area contributed by atoms with Crippen LogP contribution in [0.4, 0.5) is 0 Å². The number of carbonyl (C=O) groups is 1. The number of aromatic amines is 1. The fourth-order valence-corrected chi connectivity index (χ4v) is 2.76. The van der Waals surface area contributed by atoms with Gasteiger partial charge >= 0.3 is 5.97 Å². The highest BCUT2D eigenvalue weighted by molar-refractivity contribution is 9.10. The van der Waals surface area contributed by atoms with Crippen LogP contribution in [0.5, 0.6) is 5.75 Å². The van der Waals surface area contributed by atoms with Gasteiger partial charge in [0.15, 0.2) is 0 Å². The number of hydrogen-bond acceptors (Lipinski definition) is 3. The quantitative estimate of drug-likeness (QED) is 0.480. The van der Waals surface area contributed by atoms with Crippen LogP contribution in [0, 0.1) is 0 Å². The molecule has 24 heavy (non-hydrogen) atoms. The number of halogens is 1. The van der Waals surface area contributed by atoms with E-state index in [4.69, 9.17) is 9.47 Å². The van der Waals surface area contributed by atoms with E-state index >= 15 is 0 Å². The first-order valence-corrected chi connectivity index (χ1v) is 8.60. The van der Waals surface area contributed by atoms with Gasteiger partial charge in [0.25, 0.3) is 0 Å². The van der Waals surface area contributed by atoms with Crippen LogP contribution in [0.25, 0.3) is 10.9 Å². The Morgan fingerprint density at radius 1 is 1.04 bits per heavy atom. The van der Waals surface area contributed by atoms with Crippen molar-refractivity contribution in [3.63, 3.8) is 0 Å². The number of aryl methyl sites for hydroxylation is 1. The van der Waals surface area contributed by atoms with E-state index in [1.807, 2.05) is 48.7 Å². The molecule has 0 spiro atoms. The van der Waals surface area contributed by atoms with Crippen LogP contribution < -0.4 is 4.74 Å². The molecular formula is C19H18BrNO3. The lowest BCUT2D eigenvalue weighted by molar-refractivity contribution is -0.144. The Labute approximate surface area is 148 Å². The van der Waals surface area contributed by atoms with Crippen LogP contribution >= 0.6 is 15.9 Å². The maximum atomic E-state index is 11.8. The maximum Gasteiger partial charge on any atom is 0.306 e. The first kappa shape index (κ1) is 16.6. The van der Waals surface area contributed by atoms with Gasteiger partial charge in [0, 0.05) is 28.0 Å². The lowest BCUT2D eigenvalue weighted by Gasteiger charge is -2.07. The number of aromatic nitrogens is 1. The SMILES string of the molecule is O=C(CCc1c[nH]c2ccccc12)OCCOc1ccc(Br)cc1. The first-order valence-electron chi connectivity index (χ1n) is 7.81. The summed E-state index contributed by atoms with van der Waals surface area (Å²) in [7, 11) is 0. The topological polar surface area (TPSA) is 51.3 Å². The van der Waals surface area contributed by atoms with E-state index in [1.54, 1.807) is 0 Å². The molecule has 0 saturated heterocycles. The summed E-state index contributed by atoms with van der Waals surface area (Å²) in [6.45, 7) is 0.600. The second kappa shape index (κ2) is 8.02. The van der Waals surface area contributed by atoms with Crippen molar-refractivity contribution in [2.75, 3.05) is 13.2 Å². The Morgan fingerprint density at radius 2 is 1.83 bits per heavy atom. The summed E-state index contributed by atoms with van der Waals surface area (Å²) < 4.78 is 11.7. The average molecular weight is 388 g/mol. The molecule has 0 saturated carbocycles. The average Bonchev–Trinajstić information content (AvgIpc) is 3.02. The van der Waals surface area contributed by atoms with Crippen LogP contribution in [0.1, 0.15) is 12.0 Å². The Hall–Kier alpha value is -2.27. The van der Waals surface area contributed by atoms with E-state index in [0.29, 0.717) is 19.4 Å². The zero-order valence-electron chi connectivity index (χ0n) is 13.1. The summed E-state index contributed by atoms with van der Waals surface area (Å²) in [5, 5.41) is 1.16. The van der Waals surface area contributed by atoms with Gasteiger partial charge in [-0.2, -0.15) is 0 Å². The highest BCUT2D eigenvalue weighted by Crippen LogP contribution is 2.19.